The molecular weight excluding hydrogens is 590 g/mol. The molecule has 43 heavy (non-hydrogen) atoms. The van der Waals surface area contributed by atoms with E-state index in [0.29, 0.717) is 28.8 Å². The first-order chi connectivity index (χ1) is 20.1. The SMILES string of the molecule is CC(C)(C)CNc1c(C#N)cnc2c(Cl)cc(N[C@H](C3=CN(C4(C(F)(F)F)CC4)NN3)c3cccc(C(=O)O)c3F)cc12. The summed E-state index contributed by atoms with van der Waals surface area (Å²) in [5.74, 6) is -2.56. The van der Waals surface area contributed by atoms with Crippen LogP contribution in [0.1, 0.15) is 61.1 Å². The number of fused-ring (bicyclic) bond motifs is 1. The lowest BCUT2D eigenvalue weighted by Gasteiger charge is -2.28. The number of hydrogen-bond donors (Lipinski definition) is 5. The van der Waals surface area contributed by atoms with E-state index in [1.54, 1.807) is 6.07 Å². The summed E-state index contributed by atoms with van der Waals surface area (Å²) in [6, 6.07) is 7.87. The zero-order valence-corrected chi connectivity index (χ0v) is 24.1. The van der Waals surface area contributed by atoms with E-state index in [2.05, 4.69) is 32.6 Å². The number of nitrogens with zero attached hydrogens (tertiary/aromatic N) is 3. The summed E-state index contributed by atoms with van der Waals surface area (Å²) in [6.45, 7) is 6.56. The van der Waals surface area contributed by atoms with Gasteiger partial charge in [0.15, 0.2) is 5.54 Å². The number of hydrazine groups is 2. The van der Waals surface area contributed by atoms with Crippen molar-refractivity contribution < 1.29 is 27.5 Å². The molecule has 1 fully saturated rings. The topological polar surface area (TPSA) is 125 Å². The summed E-state index contributed by atoms with van der Waals surface area (Å²) in [7, 11) is 0. The van der Waals surface area contributed by atoms with Gasteiger partial charge in [-0.2, -0.15) is 18.4 Å². The van der Waals surface area contributed by atoms with Crippen molar-refractivity contribution >= 4 is 39.8 Å². The van der Waals surface area contributed by atoms with E-state index in [1.807, 2.05) is 20.8 Å². The number of pyridine rings is 1. The number of carbonyl (C=O) groups is 1. The largest absolute Gasteiger partial charge is 0.478 e. The Morgan fingerprint density at radius 3 is 2.60 bits per heavy atom. The van der Waals surface area contributed by atoms with Crippen LogP contribution in [-0.4, -0.2) is 39.3 Å². The Morgan fingerprint density at radius 1 is 1.28 bits per heavy atom. The van der Waals surface area contributed by atoms with Crippen molar-refractivity contribution in [2.45, 2.75) is 51.4 Å². The van der Waals surface area contributed by atoms with E-state index in [9.17, 15) is 28.3 Å². The molecule has 2 aromatic carbocycles. The summed E-state index contributed by atoms with van der Waals surface area (Å²) >= 11 is 6.61. The maximum Gasteiger partial charge on any atom is 0.413 e. The third kappa shape index (κ3) is 5.72. The van der Waals surface area contributed by atoms with Crippen molar-refractivity contribution in [3.05, 3.63) is 76.0 Å². The molecule has 1 saturated carbocycles. The van der Waals surface area contributed by atoms with Crippen LogP contribution in [-0.2, 0) is 0 Å². The van der Waals surface area contributed by atoms with E-state index >= 15 is 4.39 Å². The van der Waals surface area contributed by atoms with E-state index in [1.165, 1.54) is 30.6 Å². The van der Waals surface area contributed by atoms with Gasteiger partial charge in [0.05, 0.1) is 39.1 Å². The highest BCUT2D eigenvalue weighted by Crippen LogP contribution is 2.54. The van der Waals surface area contributed by atoms with Crippen molar-refractivity contribution in [3.8, 4) is 6.07 Å². The molecule has 226 valence electrons. The fourth-order valence-electron chi connectivity index (χ4n) is 4.88. The molecule has 2 aliphatic rings. The molecule has 3 aromatic rings. The average Bonchev–Trinajstić information content (AvgIpc) is 3.61. The minimum Gasteiger partial charge on any atom is -0.478 e. The second-order valence-electron chi connectivity index (χ2n) is 11.7. The third-order valence-corrected chi connectivity index (χ3v) is 7.62. The average molecular weight is 618 g/mol. The fourth-order valence-corrected chi connectivity index (χ4v) is 5.15. The van der Waals surface area contributed by atoms with Gasteiger partial charge < -0.3 is 21.2 Å². The van der Waals surface area contributed by atoms with Crippen LogP contribution in [0.2, 0.25) is 5.02 Å². The van der Waals surface area contributed by atoms with E-state index < -0.39 is 35.1 Å². The van der Waals surface area contributed by atoms with Gasteiger partial charge in [-0.1, -0.05) is 44.5 Å². The predicted molar refractivity (Wildman–Crippen MR) is 153 cm³/mol. The van der Waals surface area contributed by atoms with Gasteiger partial charge in [-0.05, 0) is 36.5 Å². The molecular formula is C29H28ClF4N7O2. The number of halogens is 5. The molecule has 1 aliphatic carbocycles. The van der Waals surface area contributed by atoms with Crippen LogP contribution in [0.5, 0.6) is 0 Å². The molecule has 9 nitrogen and oxygen atoms in total. The molecule has 1 aromatic heterocycles. The van der Waals surface area contributed by atoms with Gasteiger partial charge in [-0.3, -0.25) is 9.99 Å². The van der Waals surface area contributed by atoms with Gasteiger partial charge in [-0.25, -0.2) is 9.18 Å². The first kappa shape index (κ1) is 30.2. The number of carboxylic acids is 1. The monoisotopic (exact) mass is 617 g/mol. The molecule has 0 amide bonds. The Labute approximate surface area is 249 Å². The number of rotatable bonds is 8. The summed E-state index contributed by atoms with van der Waals surface area (Å²) in [4.78, 5) is 16.0. The Hall–Kier alpha value is -4.28. The smallest absolute Gasteiger partial charge is 0.413 e. The van der Waals surface area contributed by atoms with E-state index in [0.717, 1.165) is 11.1 Å². The Balaban J connectivity index is 1.62. The normalized spacial score (nSPS) is 16.7. The molecule has 0 unspecified atom stereocenters. The molecule has 0 bridgehead atoms. The number of nitriles is 1. The Kier molecular flexibility index (Phi) is 7.56. The van der Waals surface area contributed by atoms with Crippen LogP contribution >= 0.6 is 11.6 Å². The van der Waals surface area contributed by atoms with Crippen molar-refractivity contribution in [3.63, 3.8) is 0 Å². The molecule has 5 N–H and O–H groups in total. The molecule has 5 rings (SSSR count). The number of alkyl halides is 3. The lowest BCUT2D eigenvalue weighted by molar-refractivity contribution is -0.195. The molecule has 0 spiro atoms. The van der Waals surface area contributed by atoms with Gasteiger partial charge in [-0.15, -0.1) is 5.53 Å². The number of carboxylic acid groups (broad SMARTS) is 1. The number of aromatic carboxylic acids is 1. The lowest BCUT2D eigenvalue weighted by atomic mass is 9.96. The second-order valence-corrected chi connectivity index (χ2v) is 12.1. The molecule has 14 heteroatoms. The number of anilines is 2. The van der Waals surface area contributed by atoms with Crippen molar-refractivity contribution in [1.29, 1.82) is 5.26 Å². The van der Waals surface area contributed by atoms with Gasteiger partial charge in [0.2, 0.25) is 0 Å². The molecule has 0 radical (unpaired) electrons. The van der Waals surface area contributed by atoms with Crippen LogP contribution in [0.25, 0.3) is 10.9 Å². The van der Waals surface area contributed by atoms with Crippen molar-refractivity contribution in [1.82, 2.24) is 21.0 Å². The zero-order valence-electron chi connectivity index (χ0n) is 23.3. The molecule has 1 atom stereocenters. The number of aromatic nitrogens is 1. The van der Waals surface area contributed by atoms with Crippen molar-refractivity contribution in [2.24, 2.45) is 5.41 Å². The minimum atomic E-state index is -4.53. The van der Waals surface area contributed by atoms with E-state index in [-0.39, 0.29) is 40.1 Å². The number of benzene rings is 2. The summed E-state index contributed by atoms with van der Waals surface area (Å²) in [5, 5.41) is 27.3. The number of hydrogen-bond acceptors (Lipinski definition) is 8. The number of nitrogens with one attached hydrogen (secondary N) is 4. The van der Waals surface area contributed by atoms with Gasteiger partial charge >= 0.3 is 12.1 Å². The summed E-state index contributed by atoms with van der Waals surface area (Å²) in [5.41, 5.74) is 3.77. The van der Waals surface area contributed by atoms with Gasteiger partial charge in [0.1, 0.15) is 11.9 Å². The van der Waals surface area contributed by atoms with Gasteiger partial charge in [0.25, 0.3) is 0 Å². The predicted octanol–water partition coefficient (Wildman–Crippen LogP) is 6.47. The van der Waals surface area contributed by atoms with Crippen molar-refractivity contribution in [2.75, 3.05) is 17.2 Å². The van der Waals surface area contributed by atoms with Crippen LogP contribution in [0.3, 0.4) is 0 Å². The van der Waals surface area contributed by atoms with Crippen LogP contribution in [0, 0.1) is 22.6 Å². The Bertz CT molecular complexity index is 1680. The third-order valence-electron chi connectivity index (χ3n) is 7.33. The Morgan fingerprint density at radius 2 is 2.00 bits per heavy atom. The first-order valence-corrected chi connectivity index (χ1v) is 13.7. The summed E-state index contributed by atoms with van der Waals surface area (Å²) < 4.78 is 57.2. The highest BCUT2D eigenvalue weighted by molar-refractivity contribution is 6.35. The standard InChI is InChI=1S/C29H28ClF4N7O2/c1-27(2,3)14-37-23-15(11-35)12-36-24-19(23)9-16(10-20(24)30)38-25(17-5-4-6-18(22(17)31)26(42)43)21-13-41(40-39-21)28(7-8-28)29(32,33)34/h4-6,9-10,12-13,25,38-40H,7-8,14H2,1-3H3,(H,36,37)(H,42,43)/t25-/m0/s1. The second kappa shape index (κ2) is 10.8. The van der Waals surface area contributed by atoms with Gasteiger partial charge in [0, 0.05) is 35.6 Å². The summed E-state index contributed by atoms with van der Waals surface area (Å²) in [6.07, 6.45) is -2.19. The van der Waals surface area contributed by atoms with Crippen LogP contribution in [0.4, 0.5) is 28.9 Å². The maximum atomic E-state index is 15.6. The maximum absolute atomic E-state index is 15.6. The fraction of sp³-hybridized carbons (Fsp3) is 0.345. The first-order valence-electron chi connectivity index (χ1n) is 13.3. The zero-order chi connectivity index (χ0) is 31.3. The quantitative estimate of drug-likeness (QED) is 0.181. The molecule has 2 heterocycles. The molecule has 0 saturated heterocycles. The van der Waals surface area contributed by atoms with E-state index in [4.69, 9.17) is 11.6 Å². The van der Waals surface area contributed by atoms with Crippen LogP contribution < -0.4 is 21.6 Å². The minimum absolute atomic E-state index is 0.100. The van der Waals surface area contributed by atoms with Crippen LogP contribution in [0.15, 0.2) is 48.4 Å². The highest BCUT2D eigenvalue weighted by Gasteiger charge is 2.67. The highest BCUT2D eigenvalue weighted by atomic mass is 35.5. The lowest BCUT2D eigenvalue weighted by Crippen LogP contribution is -2.52. The molecule has 1 aliphatic heterocycles.